The largest absolute Gasteiger partial charge is 0.396 e. The highest BCUT2D eigenvalue weighted by molar-refractivity contribution is 5.79. The summed E-state index contributed by atoms with van der Waals surface area (Å²) >= 11 is 0. The summed E-state index contributed by atoms with van der Waals surface area (Å²) in [6.07, 6.45) is 7.06. The molecule has 1 atom stereocenters. The van der Waals surface area contributed by atoms with Crippen molar-refractivity contribution in [1.82, 2.24) is 10.6 Å². The Morgan fingerprint density at radius 3 is 2.59 bits per heavy atom. The Bertz CT molecular complexity index is 359. The molecule has 1 saturated heterocycles. The Morgan fingerprint density at radius 2 is 2.00 bits per heavy atom. The van der Waals surface area contributed by atoms with Gasteiger partial charge < -0.3 is 20.5 Å². The van der Waals surface area contributed by atoms with Crippen molar-refractivity contribution in [1.29, 1.82) is 0 Å². The number of rotatable bonds is 7. The second-order valence-corrected chi connectivity index (χ2v) is 7.34. The zero-order chi connectivity index (χ0) is 15.9. The van der Waals surface area contributed by atoms with Crippen LogP contribution in [0.3, 0.4) is 0 Å². The van der Waals surface area contributed by atoms with Crippen LogP contribution in [-0.4, -0.2) is 50.5 Å². The third kappa shape index (κ3) is 4.85. The van der Waals surface area contributed by atoms with Crippen molar-refractivity contribution in [2.75, 3.05) is 39.5 Å². The standard InChI is InChI=1S/C17H33N3O2/c1-3-18-15(19-12-16(2)6-4-5-7-16)20-13-17(8-10-21)9-11-22-14-17/h21H,3-14H2,1-2H3,(H2,18,19,20). The summed E-state index contributed by atoms with van der Waals surface area (Å²) in [6.45, 7) is 8.78. The minimum Gasteiger partial charge on any atom is -0.396 e. The number of hydrogen-bond acceptors (Lipinski definition) is 3. The maximum absolute atomic E-state index is 9.31. The summed E-state index contributed by atoms with van der Waals surface area (Å²) < 4.78 is 5.55. The Balaban J connectivity index is 1.90. The van der Waals surface area contributed by atoms with Crippen LogP contribution in [-0.2, 0) is 4.74 Å². The highest BCUT2D eigenvalue weighted by atomic mass is 16.5. The van der Waals surface area contributed by atoms with E-state index in [1.165, 1.54) is 25.7 Å². The van der Waals surface area contributed by atoms with Gasteiger partial charge in [0.2, 0.25) is 0 Å². The molecule has 1 aliphatic heterocycles. The van der Waals surface area contributed by atoms with Crippen LogP contribution < -0.4 is 10.6 Å². The summed E-state index contributed by atoms with van der Waals surface area (Å²) in [4.78, 5) is 4.81. The summed E-state index contributed by atoms with van der Waals surface area (Å²) in [7, 11) is 0. The topological polar surface area (TPSA) is 65.9 Å². The number of guanidine groups is 1. The predicted octanol–water partition coefficient (Wildman–Crippen LogP) is 1.91. The van der Waals surface area contributed by atoms with E-state index in [1.807, 2.05) is 0 Å². The second-order valence-electron chi connectivity index (χ2n) is 7.34. The van der Waals surface area contributed by atoms with Gasteiger partial charge in [-0.25, -0.2) is 0 Å². The number of aliphatic hydroxyl groups excluding tert-OH is 1. The van der Waals surface area contributed by atoms with E-state index in [0.717, 1.165) is 51.6 Å². The summed E-state index contributed by atoms with van der Waals surface area (Å²) in [6, 6.07) is 0. The third-order valence-electron chi connectivity index (χ3n) is 5.23. The predicted molar refractivity (Wildman–Crippen MR) is 90.1 cm³/mol. The van der Waals surface area contributed by atoms with Gasteiger partial charge in [-0.3, -0.25) is 4.99 Å². The van der Waals surface area contributed by atoms with Gasteiger partial charge in [0.1, 0.15) is 0 Å². The van der Waals surface area contributed by atoms with Crippen LogP contribution in [0.25, 0.3) is 0 Å². The normalized spacial score (nSPS) is 28.0. The number of nitrogens with zero attached hydrogens (tertiary/aromatic N) is 1. The van der Waals surface area contributed by atoms with E-state index in [-0.39, 0.29) is 12.0 Å². The molecule has 1 unspecified atom stereocenters. The van der Waals surface area contributed by atoms with Crippen LogP contribution in [0.15, 0.2) is 4.99 Å². The molecule has 0 radical (unpaired) electrons. The van der Waals surface area contributed by atoms with Crippen molar-refractivity contribution in [3.63, 3.8) is 0 Å². The van der Waals surface area contributed by atoms with Gasteiger partial charge in [0, 0.05) is 38.3 Å². The van der Waals surface area contributed by atoms with Gasteiger partial charge in [0.05, 0.1) is 6.61 Å². The molecule has 5 nitrogen and oxygen atoms in total. The number of nitrogens with one attached hydrogen (secondary N) is 2. The molecule has 3 N–H and O–H groups in total. The molecule has 0 amide bonds. The summed E-state index contributed by atoms with van der Waals surface area (Å²) in [5, 5.41) is 16.1. The van der Waals surface area contributed by atoms with Crippen molar-refractivity contribution in [3.8, 4) is 0 Å². The van der Waals surface area contributed by atoms with Crippen LogP contribution >= 0.6 is 0 Å². The zero-order valence-electron chi connectivity index (χ0n) is 14.3. The SMILES string of the molecule is CCNC(=NCC1(C)CCCC1)NCC1(CCO)CCOC1. The summed E-state index contributed by atoms with van der Waals surface area (Å²) in [5.41, 5.74) is 0.434. The van der Waals surface area contributed by atoms with Crippen LogP contribution in [0, 0.1) is 10.8 Å². The van der Waals surface area contributed by atoms with E-state index in [0.29, 0.717) is 5.41 Å². The van der Waals surface area contributed by atoms with Crippen molar-refractivity contribution in [2.24, 2.45) is 15.8 Å². The first-order valence-corrected chi connectivity index (χ1v) is 8.82. The third-order valence-corrected chi connectivity index (χ3v) is 5.23. The molecule has 128 valence electrons. The Hall–Kier alpha value is -0.810. The van der Waals surface area contributed by atoms with E-state index in [9.17, 15) is 5.11 Å². The fraction of sp³-hybridized carbons (Fsp3) is 0.941. The average molecular weight is 311 g/mol. The Morgan fingerprint density at radius 1 is 1.23 bits per heavy atom. The number of ether oxygens (including phenoxy) is 1. The molecule has 0 bridgehead atoms. The molecular weight excluding hydrogens is 278 g/mol. The summed E-state index contributed by atoms with van der Waals surface area (Å²) in [5.74, 6) is 0.903. The lowest BCUT2D eigenvalue weighted by Crippen LogP contribution is -2.45. The second kappa shape index (κ2) is 8.16. The van der Waals surface area contributed by atoms with Gasteiger partial charge in [0.25, 0.3) is 0 Å². The molecule has 1 aliphatic carbocycles. The molecule has 2 aliphatic rings. The lowest BCUT2D eigenvalue weighted by molar-refractivity contribution is 0.127. The first-order valence-electron chi connectivity index (χ1n) is 8.82. The smallest absolute Gasteiger partial charge is 0.191 e. The van der Waals surface area contributed by atoms with Gasteiger partial charge in [0.15, 0.2) is 5.96 Å². The average Bonchev–Trinajstić information content (AvgIpc) is 3.13. The molecule has 1 saturated carbocycles. The van der Waals surface area contributed by atoms with Crippen molar-refractivity contribution in [3.05, 3.63) is 0 Å². The fourth-order valence-corrected chi connectivity index (χ4v) is 3.58. The van der Waals surface area contributed by atoms with Crippen molar-refractivity contribution < 1.29 is 9.84 Å². The Kier molecular flexibility index (Phi) is 6.50. The minimum atomic E-state index is 0.0577. The zero-order valence-corrected chi connectivity index (χ0v) is 14.3. The lowest BCUT2D eigenvalue weighted by Gasteiger charge is -2.28. The first-order chi connectivity index (χ1) is 10.6. The van der Waals surface area contributed by atoms with Gasteiger partial charge in [-0.05, 0) is 38.0 Å². The van der Waals surface area contributed by atoms with E-state index in [1.54, 1.807) is 0 Å². The van der Waals surface area contributed by atoms with Crippen molar-refractivity contribution in [2.45, 2.75) is 52.4 Å². The first kappa shape index (κ1) is 17.5. The van der Waals surface area contributed by atoms with E-state index in [4.69, 9.17) is 9.73 Å². The molecule has 5 heteroatoms. The molecule has 1 heterocycles. The molecule has 0 spiro atoms. The van der Waals surface area contributed by atoms with Gasteiger partial charge in [-0.2, -0.15) is 0 Å². The molecule has 22 heavy (non-hydrogen) atoms. The molecule has 0 aromatic rings. The van der Waals surface area contributed by atoms with Crippen LogP contribution in [0.5, 0.6) is 0 Å². The van der Waals surface area contributed by atoms with Crippen molar-refractivity contribution >= 4 is 5.96 Å². The van der Waals surface area contributed by atoms with E-state index in [2.05, 4.69) is 24.5 Å². The minimum absolute atomic E-state index is 0.0577. The van der Waals surface area contributed by atoms with E-state index < -0.39 is 0 Å². The van der Waals surface area contributed by atoms with Gasteiger partial charge in [-0.1, -0.05) is 19.8 Å². The van der Waals surface area contributed by atoms with Gasteiger partial charge >= 0.3 is 0 Å². The fourth-order valence-electron chi connectivity index (χ4n) is 3.58. The highest BCUT2D eigenvalue weighted by Gasteiger charge is 2.34. The van der Waals surface area contributed by atoms with Crippen LogP contribution in [0.2, 0.25) is 0 Å². The van der Waals surface area contributed by atoms with Gasteiger partial charge in [-0.15, -0.1) is 0 Å². The molecule has 2 fully saturated rings. The molecule has 0 aromatic heterocycles. The highest BCUT2D eigenvalue weighted by Crippen LogP contribution is 2.37. The Labute approximate surface area is 134 Å². The number of hydrogen-bond donors (Lipinski definition) is 3. The van der Waals surface area contributed by atoms with E-state index >= 15 is 0 Å². The molecular formula is C17H33N3O2. The number of aliphatic hydroxyl groups is 1. The monoisotopic (exact) mass is 311 g/mol. The molecule has 0 aromatic carbocycles. The van der Waals surface area contributed by atoms with Crippen LogP contribution in [0.1, 0.15) is 52.4 Å². The quantitative estimate of drug-likeness (QED) is 0.496. The number of aliphatic imine (C=N–C) groups is 1. The maximum atomic E-state index is 9.31. The van der Waals surface area contributed by atoms with Crippen LogP contribution in [0.4, 0.5) is 0 Å². The maximum Gasteiger partial charge on any atom is 0.191 e. The molecule has 2 rings (SSSR count). The lowest BCUT2D eigenvalue weighted by atomic mass is 9.84.